The van der Waals surface area contributed by atoms with Crippen LogP contribution in [-0.4, -0.2) is 22.5 Å². The molecular formula is C19H17N3O3. The van der Waals surface area contributed by atoms with Crippen molar-refractivity contribution in [1.29, 1.82) is 0 Å². The third-order valence-corrected chi connectivity index (χ3v) is 3.29. The number of nitrogens with zero attached hydrogens (tertiary/aromatic N) is 2. The molecule has 0 saturated carbocycles. The quantitative estimate of drug-likeness (QED) is 0.718. The molecule has 0 bridgehead atoms. The molecule has 3 rings (SSSR count). The van der Waals surface area contributed by atoms with Gasteiger partial charge in [-0.3, -0.25) is 9.78 Å². The van der Waals surface area contributed by atoms with Crippen LogP contribution in [-0.2, 0) is 11.3 Å². The number of hydrogen-bond donors (Lipinski definition) is 1. The van der Waals surface area contributed by atoms with Crippen molar-refractivity contribution in [3.63, 3.8) is 0 Å². The van der Waals surface area contributed by atoms with Gasteiger partial charge >= 0.3 is 0 Å². The molecule has 0 aliphatic heterocycles. The maximum Gasteiger partial charge on any atom is 0.258 e. The van der Waals surface area contributed by atoms with E-state index in [-0.39, 0.29) is 12.5 Å². The highest BCUT2D eigenvalue weighted by Crippen LogP contribution is 2.22. The van der Waals surface area contributed by atoms with E-state index in [1.54, 1.807) is 48.9 Å². The van der Waals surface area contributed by atoms with Crippen molar-refractivity contribution in [3.8, 4) is 17.4 Å². The minimum absolute atomic E-state index is 0.0501. The van der Waals surface area contributed by atoms with Gasteiger partial charge in [0.2, 0.25) is 5.88 Å². The Kier molecular flexibility index (Phi) is 5.56. The second-order valence-corrected chi connectivity index (χ2v) is 5.16. The zero-order valence-electron chi connectivity index (χ0n) is 13.5. The highest BCUT2D eigenvalue weighted by atomic mass is 16.5. The molecule has 2 aromatic heterocycles. The van der Waals surface area contributed by atoms with Gasteiger partial charge in [-0.1, -0.05) is 6.07 Å². The molecule has 25 heavy (non-hydrogen) atoms. The molecule has 126 valence electrons. The van der Waals surface area contributed by atoms with Crippen molar-refractivity contribution in [1.82, 2.24) is 15.3 Å². The first-order chi connectivity index (χ1) is 12.3. The van der Waals surface area contributed by atoms with Crippen LogP contribution in [0.3, 0.4) is 0 Å². The lowest BCUT2D eigenvalue weighted by Crippen LogP contribution is -2.28. The van der Waals surface area contributed by atoms with Crippen molar-refractivity contribution in [2.75, 3.05) is 6.61 Å². The van der Waals surface area contributed by atoms with Crippen LogP contribution in [0, 0.1) is 0 Å². The van der Waals surface area contributed by atoms with Gasteiger partial charge in [-0.2, -0.15) is 0 Å². The summed E-state index contributed by atoms with van der Waals surface area (Å²) >= 11 is 0. The summed E-state index contributed by atoms with van der Waals surface area (Å²) in [5.74, 6) is 1.57. The predicted octanol–water partition coefficient (Wildman–Crippen LogP) is 2.96. The third-order valence-electron chi connectivity index (χ3n) is 3.29. The summed E-state index contributed by atoms with van der Waals surface area (Å²) in [6.07, 6.45) is 5.04. The van der Waals surface area contributed by atoms with E-state index in [1.165, 1.54) is 0 Å². The molecule has 1 aromatic carbocycles. The molecule has 1 N–H and O–H groups in total. The van der Waals surface area contributed by atoms with Crippen LogP contribution in [0.4, 0.5) is 0 Å². The summed E-state index contributed by atoms with van der Waals surface area (Å²) in [4.78, 5) is 19.8. The monoisotopic (exact) mass is 335 g/mol. The second-order valence-electron chi connectivity index (χ2n) is 5.16. The molecule has 0 aliphatic carbocycles. The van der Waals surface area contributed by atoms with Gasteiger partial charge in [0.15, 0.2) is 6.61 Å². The Balaban J connectivity index is 1.44. The Hall–Kier alpha value is -3.41. The van der Waals surface area contributed by atoms with Gasteiger partial charge in [0.25, 0.3) is 5.91 Å². The van der Waals surface area contributed by atoms with E-state index < -0.39 is 0 Å². The topological polar surface area (TPSA) is 73.3 Å². The minimum atomic E-state index is -0.189. The number of rotatable bonds is 7. The fraction of sp³-hybridized carbons (Fsp3) is 0.105. The third kappa shape index (κ3) is 5.31. The van der Waals surface area contributed by atoms with Crippen LogP contribution in [0.2, 0.25) is 0 Å². The van der Waals surface area contributed by atoms with Crippen molar-refractivity contribution >= 4 is 5.91 Å². The van der Waals surface area contributed by atoms with Crippen molar-refractivity contribution in [2.24, 2.45) is 0 Å². The van der Waals surface area contributed by atoms with Crippen molar-refractivity contribution in [3.05, 3.63) is 78.8 Å². The number of carbonyl (C=O) groups excluding carboxylic acids is 1. The first kappa shape index (κ1) is 16.4. The van der Waals surface area contributed by atoms with Crippen LogP contribution in [0.15, 0.2) is 73.2 Å². The van der Waals surface area contributed by atoms with E-state index in [1.807, 2.05) is 24.3 Å². The molecule has 0 saturated heterocycles. The molecule has 0 radical (unpaired) electrons. The first-order valence-corrected chi connectivity index (χ1v) is 7.77. The number of pyridine rings is 2. The molecular weight excluding hydrogens is 318 g/mol. The number of amides is 1. The fourth-order valence-corrected chi connectivity index (χ4v) is 2.03. The van der Waals surface area contributed by atoms with Gasteiger partial charge in [0.05, 0.1) is 0 Å². The largest absolute Gasteiger partial charge is 0.484 e. The number of nitrogens with one attached hydrogen (secondary N) is 1. The van der Waals surface area contributed by atoms with Gasteiger partial charge in [-0.15, -0.1) is 0 Å². The number of hydrogen-bond acceptors (Lipinski definition) is 5. The molecule has 0 atom stereocenters. The van der Waals surface area contributed by atoms with Gasteiger partial charge in [-0.25, -0.2) is 4.98 Å². The van der Waals surface area contributed by atoms with E-state index in [9.17, 15) is 4.79 Å². The average Bonchev–Trinajstić information content (AvgIpc) is 2.67. The van der Waals surface area contributed by atoms with Gasteiger partial charge in [-0.05, 0) is 48.0 Å². The molecule has 6 nitrogen and oxygen atoms in total. The van der Waals surface area contributed by atoms with Crippen LogP contribution >= 0.6 is 0 Å². The van der Waals surface area contributed by atoms with Gasteiger partial charge in [0, 0.05) is 31.2 Å². The number of carbonyl (C=O) groups is 1. The van der Waals surface area contributed by atoms with E-state index in [0.29, 0.717) is 23.9 Å². The summed E-state index contributed by atoms with van der Waals surface area (Å²) in [7, 11) is 0. The summed E-state index contributed by atoms with van der Waals surface area (Å²) in [6, 6.07) is 16.2. The SMILES string of the molecule is O=C(COc1ccc(Oc2ccccn2)cc1)NCc1ccncc1. The maximum absolute atomic E-state index is 11.8. The van der Waals surface area contributed by atoms with Crippen LogP contribution < -0.4 is 14.8 Å². The zero-order valence-corrected chi connectivity index (χ0v) is 13.5. The molecule has 2 heterocycles. The lowest BCUT2D eigenvalue weighted by molar-refractivity contribution is -0.123. The number of ether oxygens (including phenoxy) is 2. The molecule has 3 aromatic rings. The van der Waals surface area contributed by atoms with E-state index in [0.717, 1.165) is 5.56 Å². The summed E-state index contributed by atoms with van der Waals surface area (Å²) in [5.41, 5.74) is 0.986. The molecule has 0 spiro atoms. The minimum Gasteiger partial charge on any atom is -0.484 e. The van der Waals surface area contributed by atoms with Gasteiger partial charge in [0.1, 0.15) is 11.5 Å². The number of aromatic nitrogens is 2. The highest BCUT2D eigenvalue weighted by Gasteiger charge is 2.04. The van der Waals surface area contributed by atoms with Gasteiger partial charge < -0.3 is 14.8 Å². The maximum atomic E-state index is 11.8. The predicted molar refractivity (Wildman–Crippen MR) is 92.3 cm³/mol. The Labute approximate surface area is 145 Å². The van der Waals surface area contributed by atoms with E-state index in [4.69, 9.17) is 9.47 Å². The summed E-state index contributed by atoms with van der Waals surface area (Å²) in [6.45, 7) is 0.396. The molecule has 0 unspecified atom stereocenters. The lowest BCUT2D eigenvalue weighted by atomic mass is 10.3. The molecule has 0 aliphatic rings. The van der Waals surface area contributed by atoms with E-state index in [2.05, 4.69) is 15.3 Å². The lowest BCUT2D eigenvalue weighted by Gasteiger charge is -2.08. The number of benzene rings is 1. The Morgan fingerprint density at radius 2 is 1.68 bits per heavy atom. The molecule has 1 amide bonds. The molecule has 0 fully saturated rings. The summed E-state index contributed by atoms with van der Waals surface area (Å²) < 4.78 is 11.1. The smallest absolute Gasteiger partial charge is 0.258 e. The van der Waals surface area contributed by atoms with E-state index >= 15 is 0 Å². The first-order valence-electron chi connectivity index (χ1n) is 7.77. The van der Waals surface area contributed by atoms with Crippen molar-refractivity contribution < 1.29 is 14.3 Å². The Morgan fingerprint density at radius 3 is 2.40 bits per heavy atom. The Morgan fingerprint density at radius 1 is 0.920 bits per heavy atom. The van der Waals surface area contributed by atoms with Crippen LogP contribution in [0.5, 0.6) is 17.4 Å². The average molecular weight is 335 g/mol. The standard InChI is InChI=1S/C19H17N3O3/c23-18(22-13-15-8-11-20-12-9-15)14-24-16-4-6-17(7-5-16)25-19-3-1-2-10-21-19/h1-12H,13-14H2,(H,22,23). The fourth-order valence-electron chi connectivity index (χ4n) is 2.03. The Bertz CT molecular complexity index is 793. The van der Waals surface area contributed by atoms with Crippen molar-refractivity contribution in [2.45, 2.75) is 6.54 Å². The zero-order chi connectivity index (χ0) is 17.3. The summed E-state index contributed by atoms with van der Waals surface area (Å²) in [5, 5.41) is 2.79. The second kappa shape index (κ2) is 8.44. The highest BCUT2D eigenvalue weighted by molar-refractivity contribution is 5.77. The normalized spacial score (nSPS) is 10.1. The van der Waals surface area contributed by atoms with Crippen LogP contribution in [0.1, 0.15) is 5.56 Å². The molecule has 6 heteroatoms. The van der Waals surface area contributed by atoms with Crippen LogP contribution in [0.25, 0.3) is 0 Å².